The number of para-hydroxylation sites is 2. The number of anilines is 1. The lowest BCUT2D eigenvalue weighted by Gasteiger charge is -2.22. The third-order valence-electron chi connectivity index (χ3n) is 6.08. The molecule has 1 heterocycles. The minimum Gasteiger partial charge on any atom is -0.353 e. The lowest BCUT2D eigenvalue weighted by Crippen LogP contribution is -2.37. The number of rotatable bonds is 7. The van der Waals surface area contributed by atoms with Crippen molar-refractivity contribution in [2.75, 3.05) is 5.32 Å². The average molecular weight is 447 g/mol. The second-order valence-electron chi connectivity index (χ2n) is 8.76. The smallest absolute Gasteiger partial charge is 0.273 e. The van der Waals surface area contributed by atoms with Crippen LogP contribution in [0.4, 0.5) is 5.69 Å². The van der Waals surface area contributed by atoms with Crippen molar-refractivity contribution in [3.63, 3.8) is 0 Å². The van der Waals surface area contributed by atoms with Crippen molar-refractivity contribution >= 4 is 28.5 Å². The Hall–Kier alpha value is -3.48. The molecule has 7 nitrogen and oxygen atoms in total. The second-order valence-corrected chi connectivity index (χ2v) is 8.76. The van der Waals surface area contributed by atoms with E-state index in [-0.39, 0.29) is 42.8 Å². The van der Waals surface area contributed by atoms with Crippen molar-refractivity contribution in [1.29, 1.82) is 0 Å². The summed E-state index contributed by atoms with van der Waals surface area (Å²) in [7, 11) is 0. The molecule has 2 N–H and O–H groups in total. The van der Waals surface area contributed by atoms with Gasteiger partial charge in [-0.05, 0) is 49.6 Å². The summed E-state index contributed by atoms with van der Waals surface area (Å²) < 4.78 is 1.45. The number of benzene rings is 2. The summed E-state index contributed by atoms with van der Waals surface area (Å²) in [4.78, 5) is 42.9. The number of amides is 2. The fraction of sp³-hybridized carbons (Fsp3) is 0.385. The predicted molar refractivity (Wildman–Crippen MR) is 129 cm³/mol. The summed E-state index contributed by atoms with van der Waals surface area (Å²) in [6.07, 6.45) is 5.99. The Bertz CT molecular complexity index is 1210. The number of hydrogen-bond acceptors (Lipinski definition) is 4. The highest BCUT2D eigenvalue weighted by Crippen LogP contribution is 2.18. The number of carbonyl (C=O) groups is 2. The molecule has 2 amide bonds. The highest BCUT2D eigenvalue weighted by Gasteiger charge is 2.18. The average Bonchev–Trinajstić information content (AvgIpc) is 2.80. The Balaban J connectivity index is 1.51. The van der Waals surface area contributed by atoms with Crippen LogP contribution in [0.15, 0.2) is 53.3 Å². The summed E-state index contributed by atoms with van der Waals surface area (Å²) in [6, 6.07) is 15.0. The molecule has 1 aliphatic carbocycles. The molecule has 3 aromatic rings. The van der Waals surface area contributed by atoms with Gasteiger partial charge in [0.2, 0.25) is 11.8 Å². The van der Waals surface area contributed by atoms with Crippen LogP contribution in [-0.2, 0) is 22.6 Å². The van der Waals surface area contributed by atoms with Crippen LogP contribution in [-0.4, -0.2) is 27.4 Å². The Morgan fingerprint density at radius 3 is 2.61 bits per heavy atom. The van der Waals surface area contributed by atoms with Gasteiger partial charge in [0, 0.05) is 24.6 Å². The van der Waals surface area contributed by atoms with E-state index in [0.717, 1.165) is 31.2 Å². The first-order chi connectivity index (χ1) is 16.0. The van der Waals surface area contributed by atoms with Crippen LogP contribution in [0.5, 0.6) is 0 Å². The first kappa shape index (κ1) is 22.7. The van der Waals surface area contributed by atoms with Crippen LogP contribution in [0.1, 0.15) is 49.8 Å². The van der Waals surface area contributed by atoms with Crippen LogP contribution in [0.3, 0.4) is 0 Å². The molecule has 0 bridgehead atoms. The molecule has 33 heavy (non-hydrogen) atoms. The summed E-state index contributed by atoms with van der Waals surface area (Å²) in [5.74, 6) is -0.347. The van der Waals surface area contributed by atoms with Crippen LogP contribution in [0, 0.1) is 6.92 Å². The summed E-state index contributed by atoms with van der Waals surface area (Å²) >= 11 is 0. The molecule has 4 rings (SSSR count). The van der Waals surface area contributed by atoms with Gasteiger partial charge in [-0.15, -0.1) is 0 Å². The van der Waals surface area contributed by atoms with E-state index in [2.05, 4.69) is 15.6 Å². The number of nitrogens with one attached hydrogen (secondary N) is 2. The number of aryl methyl sites for hydroxylation is 2. The summed E-state index contributed by atoms with van der Waals surface area (Å²) in [5.41, 5.74) is 2.91. The fourth-order valence-corrected chi connectivity index (χ4v) is 4.41. The van der Waals surface area contributed by atoms with Crippen molar-refractivity contribution in [3.8, 4) is 0 Å². The maximum Gasteiger partial charge on any atom is 0.273 e. The highest BCUT2D eigenvalue weighted by atomic mass is 16.2. The molecule has 0 atom stereocenters. The topological polar surface area (TPSA) is 93.1 Å². The van der Waals surface area contributed by atoms with Gasteiger partial charge in [0.25, 0.3) is 5.56 Å². The normalized spacial score (nSPS) is 14.2. The molecule has 0 radical (unpaired) electrons. The molecule has 0 spiro atoms. The van der Waals surface area contributed by atoms with Crippen LogP contribution < -0.4 is 16.2 Å². The van der Waals surface area contributed by atoms with Gasteiger partial charge in [0.05, 0.1) is 11.0 Å². The zero-order valence-electron chi connectivity index (χ0n) is 19.0. The highest BCUT2D eigenvalue weighted by molar-refractivity contribution is 5.91. The number of hydrogen-bond donors (Lipinski definition) is 2. The van der Waals surface area contributed by atoms with E-state index in [4.69, 9.17) is 0 Å². The second kappa shape index (κ2) is 10.4. The maximum absolute atomic E-state index is 13.2. The van der Waals surface area contributed by atoms with Gasteiger partial charge in [-0.2, -0.15) is 0 Å². The Morgan fingerprint density at radius 1 is 1.03 bits per heavy atom. The lowest BCUT2D eigenvalue weighted by atomic mass is 9.95. The zero-order chi connectivity index (χ0) is 23.2. The molecule has 7 heteroatoms. The predicted octanol–water partition coefficient (Wildman–Crippen LogP) is 3.73. The fourth-order valence-electron chi connectivity index (χ4n) is 4.41. The molecule has 1 saturated carbocycles. The Morgan fingerprint density at radius 2 is 1.82 bits per heavy atom. The van der Waals surface area contributed by atoms with Gasteiger partial charge >= 0.3 is 0 Å². The quantitative estimate of drug-likeness (QED) is 0.578. The number of carbonyl (C=O) groups excluding carboxylic acids is 2. The maximum atomic E-state index is 13.2. The third-order valence-corrected chi connectivity index (χ3v) is 6.08. The van der Waals surface area contributed by atoms with E-state index in [0.29, 0.717) is 22.4 Å². The van der Waals surface area contributed by atoms with Crippen molar-refractivity contribution in [1.82, 2.24) is 14.9 Å². The first-order valence-electron chi connectivity index (χ1n) is 11.6. The van der Waals surface area contributed by atoms with E-state index in [1.165, 1.54) is 11.0 Å². The van der Waals surface area contributed by atoms with Gasteiger partial charge < -0.3 is 10.6 Å². The first-order valence-corrected chi connectivity index (χ1v) is 11.6. The summed E-state index contributed by atoms with van der Waals surface area (Å²) in [5, 5.41) is 5.94. The van der Waals surface area contributed by atoms with Gasteiger partial charge in [-0.3, -0.25) is 19.0 Å². The standard InChI is InChI=1S/C26H30N4O3/c1-18-8-7-11-20(16-18)28-25(32)17-30-23-13-6-5-12-21(23)29-22(26(30)33)14-15-24(31)27-19-9-3-2-4-10-19/h5-8,11-13,16,19H,2-4,9-10,14-15,17H2,1H3,(H,27,31)(H,28,32). The minimum atomic E-state index is -0.335. The number of nitrogens with zero attached hydrogens (tertiary/aromatic N) is 2. The molecule has 1 fully saturated rings. The number of fused-ring (bicyclic) bond motifs is 1. The summed E-state index contributed by atoms with van der Waals surface area (Å²) in [6.45, 7) is 1.82. The Labute approximate surface area is 193 Å². The van der Waals surface area contributed by atoms with E-state index in [1.54, 1.807) is 6.07 Å². The van der Waals surface area contributed by atoms with Crippen LogP contribution >= 0.6 is 0 Å². The monoisotopic (exact) mass is 446 g/mol. The molecule has 172 valence electrons. The molecule has 1 aromatic heterocycles. The number of aromatic nitrogens is 2. The van der Waals surface area contributed by atoms with Crippen molar-refractivity contribution in [2.24, 2.45) is 0 Å². The van der Waals surface area contributed by atoms with Gasteiger partial charge in [0.15, 0.2) is 0 Å². The van der Waals surface area contributed by atoms with Gasteiger partial charge in [-0.25, -0.2) is 4.98 Å². The third kappa shape index (κ3) is 5.86. The van der Waals surface area contributed by atoms with Crippen molar-refractivity contribution in [3.05, 3.63) is 70.1 Å². The largest absolute Gasteiger partial charge is 0.353 e. The zero-order valence-corrected chi connectivity index (χ0v) is 19.0. The molecule has 0 saturated heterocycles. The molecular weight excluding hydrogens is 416 g/mol. The Kier molecular flexibility index (Phi) is 7.17. The van der Waals surface area contributed by atoms with E-state index < -0.39 is 0 Å². The minimum absolute atomic E-state index is 0.0556. The lowest BCUT2D eigenvalue weighted by molar-refractivity contribution is -0.122. The van der Waals surface area contributed by atoms with Gasteiger partial charge in [0.1, 0.15) is 12.2 Å². The van der Waals surface area contributed by atoms with E-state index in [1.807, 2.05) is 49.4 Å². The van der Waals surface area contributed by atoms with E-state index >= 15 is 0 Å². The van der Waals surface area contributed by atoms with Crippen LogP contribution in [0.2, 0.25) is 0 Å². The van der Waals surface area contributed by atoms with E-state index in [9.17, 15) is 14.4 Å². The molecular formula is C26H30N4O3. The van der Waals surface area contributed by atoms with Crippen molar-refractivity contribution < 1.29 is 9.59 Å². The molecule has 0 unspecified atom stereocenters. The SMILES string of the molecule is Cc1cccc(NC(=O)Cn2c(=O)c(CCC(=O)NC3CCCCC3)nc3ccccc32)c1. The van der Waals surface area contributed by atoms with Gasteiger partial charge in [-0.1, -0.05) is 43.5 Å². The van der Waals surface area contributed by atoms with Crippen molar-refractivity contribution in [2.45, 2.75) is 64.5 Å². The van der Waals surface area contributed by atoms with Crippen LogP contribution in [0.25, 0.3) is 11.0 Å². The molecule has 2 aromatic carbocycles. The molecule has 0 aliphatic heterocycles. The molecule has 1 aliphatic rings.